The number of carbonyl (C=O) groups is 3. The van der Waals surface area contributed by atoms with Crippen LogP contribution in [0.4, 0.5) is 0 Å². The highest BCUT2D eigenvalue weighted by Gasteiger charge is 2.42. The Morgan fingerprint density at radius 1 is 1.24 bits per heavy atom. The highest BCUT2D eigenvalue weighted by molar-refractivity contribution is 6.00. The Morgan fingerprint density at radius 2 is 2.08 bits per heavy atom. The zero-order valence-electron chi connectivity index (χ0n) is 13.8. The highest BCUT2D eigenvalue weighted by Crippen LogP contribution is 2.28. The zero-order valence-corrected chi connectivity index (χ0v) is 13.8. The van der Waals surface area contributed by atoms with Crippen molar-refractivity contribution in [2.45, 2.75) is 31.3 Å². The summed E-state index contributed by atoms with van der Waals surface area (Å²) < 4.78 is 5.67. The van der Waals surface area contributed by atoms with Gasteiger partial charge in [0.05, 0.1) is 12.1 Å². The van der Waals surface area contributed by atoms with Gasteiger partial charge in [0.15, 0.2) is 11.5 Å². The van der Waals surface area contributed by atoms with Gasteiger partial charge in [-0.15, -0.1) is 0 Å². The molecule has 0 radical (unpaired) electrons. The molecule has 0 saturated carbocycles. The molecule has 25 heavy (non-hydrogen) atoms. The number of amides is 1. The molecular weight excluding hydrogens is 320 g/mol. The van der Waals surface area contributed by atoms with Gasteiger partial charge in [-0.2, -0.15) is 0 Å². The number of carbonyl (C=O) groups excluding carboxylic acids is 3. The molecule has 4 rings (SSSR count). The summed E-state index contributed by atoms with van der Waals surface area (Å²) in [6.45, 7) is 1.20. The van der Waals surface area contributed by atoms with Crippen molar-refractivity contribution < 1.29 is 18.8 Å². The molecule has 6 heteroatoms. The molecule has 1 aromatic heterocycles. The maximum Gasteiger partial charge on any atom is 0.290 e. The van der Waals surface area contributed by atoms with Crippen molar-refractivity contribution in [2.75, 3.05) is 13.1 Å². The van der Waals surface area contributed by atoms with Crippen LogP contribution in [-0.2, 0) is 9.59 Å². The summed E-state index contributed by atoms with van der Waals surface area (Å²) >= 11 is 0. The molecule has 130 valence electrons. The molecule has 3 atom stereocenters. The first-order valence-electron chi connectivity index (χ1n) is 8.71. The van der Waals surface area contributed by atoms with E-state index in [0.29, 0.717) is 31.5 Å². The van der Waals surface area contributed by atoms with E-state index in [1.165, 1.54) is 0 Å². The Kier molecular flexibility index (Phi) is 4.13. The Balaban J connectivity index is 1.57. The zero-order chi connectivity index (χ0) is 17.4. The molecule has 2 aliphatic heterocycles. The second-order valence-corrected chi connectivity index (χ2v) is 6.72. The average Bonchev–Trinajstić information content (AvgIpc) is 3.38. The first kappa shape index (κ1) is 16.0. The standard InChI is InChI=1S/C19H20N2O4/c22-11-14-13(7-8-20-14)18(23)15-5-3-9-21(15)19(24)17-10-12-4-1-2-6-16(12)25-17/h1-2,4,6,10-11,13-15,20H,3,5,7-9H2/t13?,14-,15+/m1/s1. The van der Waals surface area contributed by atoms with Crippen molar-refractivity contribution in [3.63, 3.8) is 0 Å². The molecule has 1 N–H and O–H groups in total. The number of nitrogens with zero attached hydrogens (tertiary/aromatic N) is 1. The van der Waals surface area contributed by atoms with Crippen LogP contribution in [0.5, 0.6) is 0 Å². The number of hydrogen-bond acceptors (Lipinski definition) is 5. The van der Waals surface area contributed by atoms with Crippen LogP contribution in [0.1, 0.15) is 29.8 Å². The summed E-state index contributed by atoms with van der Waals surface area (Å²) in [6.07, 6.45) is 2.88. The lowest BCUT2D eigenvalue weighted by atomic mass is 9.90. The molecule has 2 aliphatic rings. The molecule has 1 unspecified atom stereocenters. The summed E-state index contributed by atoms with van der Waals surface area (Å²) in [5.74, 6) is -0.339. The van der Waals surface area contributed by atoms with Crippen LogP contribution in [0.2, 0.25) is 0 Å². The van der Waals surface area contributed by atoms with Crippen molar-refractivity contribution in [2.24, 2.45) is 5.92 Å². The Labute approximate surface area is 145 Å². The molecule has 2 fully saturated rings. The van der Waals surface area contributed by atoms with E-state index in [1.807, 2.05) is 24.3 Å². The maximum absolute atomic E-state index is 12.9. The van der Waals surface area contributed by atoms with Gasteiger partial charge in [-0.1, -0.05) is 18.2 Å². The van der Waals surface area contributed by atoms with Crippen LogP contribution in [0.25, 0.3) is 11.0 Å². The quantitative estimate of drug-likeness (QED) is 0.858. The summed E-state index contributed by atoms with van der Waals surface area (Å²) in [5.41, 5.74) is 0.661. The SMILES string of the molecule is O=C[C@H]1NCCC1C(=O)[C@@H]1CCCN1C(=O)c1cc2ccccc2o1. The Bertz CT molecular complexity index is 795. The number of aldehydes is 1. The van der Waals surface area contributed by atoms with E-state index in [-0.39, 0.29) is 23.4 Å². The number of fused-ring (bicyclic) bond motifs is 1. The van der Waals surface area contributed by atoms with Gasteiger partial charge >= 0.3 is 0 Å². The minimum Gasteiger partial charge on any atom is -0.451 e. The van der Waals surface area contributed by atoms with Gasteiger partial charge < -0.3 is 19.4 Å². The van der Waals surface area contributed by atoms with Gasteiger partial charge in [0, 0.05) is 17.8 Å². The number of nitrogens with one attached hydrogen (secondary N) is 1. The molecular formula is C19H20N2O4. The number of benzene rings is 1. The summed E-state index contributed by atoms with van der Waals surface area (Å²) in [5, 5.41) is 3.91. The van der Waals surface area contributed by atoms with Gasteiger partial charge in [-0.25, -0.2) is 0 Å². The van der Waals surface area contributed by atoms with E-state index in [9.17, 15) is 14.4 Å². The van der Waals surface area contributed by atoms with Crippen LogP contribution in [0, 0.1) is 5.92 Å². The van der Waals surface area contributed by atoms with Crippen molar-refractivity contribution in [3.8, 4) is 0 Å². The molecule has 3 heterocycles. The summed E-state index contributed by atoms with van der Waals surface area (Å²) in [7, 11) is 0. The van der Waals surface area contributed by atoms with E-state index in [4.69, 9.17) is 4.42 Å². The van der Waals surface area contributed by atoms with Gasteiger partial charge in [0.1, 0.15) is 11.9 Å². The van der Waals surface area contributed by atoms with Crippen LogP contribution < -0.4 is 5.32 Å². The predicted molar refractivity (Wildman–Crippen MR) is 91.2 cm³/mol. The number of rotatable bonds is 4. The average molecular weight is 340 g/mol. The van der Waals surface area contributed by atoms with Crippen molar-refractivity contribution >= 4 is 28.9 Å². The predicted octanol–water partition coefficient (Wildman–Crippen LogP) is 1.78. The Morgan fingerprint density at radius 3 is 2.88 bits per heavy atom. The highest BCUT2D eigenvalue weighted by atomic mass is 16.3. The van der Waals surface area contributed by atoms with Crippen molar-refractivity contribution in [3.05, 3.63) is 36.1 Å². The van der Waals surface area contributed by atoms with Crippen LogP contribution in [0.15, 0.2) is 34.7 Å². The van der Waals surface area contributed by atoms with Crippen LogP contribution in [-0.4, -0.2) is 48.0 Å². The summed E-state index contributed by atoms with van der Waals surface area (Å²) in [4.78, 5) is 38.6. The van der Waals surface area contributed by atoms with Crippen LogP contribution in [0.3, 0.4) is 0 Å². The number of likely N-dealkylation sites (tertiary alicyclic amines) is 1. The summed E-state index contributed by atoms with van der Waals surface area (Å²) in [6, 6.07) is 8.28. The second-order valence-electron chi connectivity index (χ2n) is 6.72. The first-order valence-corrected chi connectivity index (χ1v) is 8.71. The fourth-order valence-electron chi connectivity index (χ4n) is 3.97. The second kappa shape index (κ2) is 6.44. The third kappa shape index (κ3) is 2.76. The topological polar surface area (TPSA) is 79.6 Å². The monoisotopic (exact) mass is 340 g/mol. The molecule has 0 spiro atoms. The lowest BCUT2D eigenvalue weighted by molar-refractivity contribution is -0.128. The lowest BCUT2D eigenvalue weighted by Crippen LogP contribution is -2.45. The third-order valence-corrected chi connectivity index (χ3v) is 5.26. The molecule has 2 aromatic rings. The van der Waals surface area contributed by atoms with Gasteiger partial charge in [-0.3, -0.25) is 9.59 Å². The minimum absolute atomic E-state index is 0.0101. The number of Topliss-reactive ketones (excluding diaryl/α,β-unsaturated/α-hetero) is 1. The van der Waals surface area contributed by atoms with E-state index in [1.54, 1.807) is 11.0 Å². The molecule has 6 nitrogen and oxygen atoms in total. The fourth-order valence-corrected chi connectivity index (χ4v) is 3.97. The minimum atomic E-state index is -0.465. The molecule has 2 saturated heterocycles. The fraction of sp³-hybridized carbons (Fsp3) is 0.421. The van der Waals surface area contributed by atoms with Gasteiger partial charge in [-0.05, 0) is 37.9 Å². The number of furan rings is 1. The van der Waals surface area contributed by atoms with Crippen LogP contribution >= 0.6 is 0 Å². The maximum atomic E-state index is 12.9. The lowest BCUT2D eigenvalue weighted by Gasteiger charge is -2.26. The van der Waals surface area contributed by atoms with E-state index >= 15 is 0 Å². The molecule has 1 amide bonds. The number of hydrogen-bond donors (Lipinski definition) is 1. The number of ketones is 1. The molecule has 1 aromatic carbocycles. The largest absolute Gasteiger partial charge is 0.451 e. The van der Waals surface area contributed by atoms with Crippen molar-refractivity contribution in [1.29, 1.82) is 0 Å². The van der Waals surface area contributed by atoms with Gasteiger partial charge in [0.2, 0.25) is 0 Å². The van der Waals surface area contributed by atoms with E-state index in [2.05, 4.69) is 5.32 Å². The van der Waals surface area contributed by atoms with Crippen molar-refractivity contribution in [1.82, 2.24) is 10.2 Å². The Hall–Kier alpha value is -2.47. The third-order valence-electron chi connectivity index (χ3n) is 5.26. The molecule has 0 aliphatic carbocycles. The van der Waals surface area contributed by atoms with E-state index < -0.39 is 12.1 Å². The normalized spacial score (nSPS) is 26.2. The smallest absolute Gasteiger partial charge is 0.290 e. The first-order chi connectivity index (χ1) is 12.2. The molecule has 0 bridgehead atoms. The van der Waals surface area contributed by atoms with Gasteiger partial charge in [0.25, 0.3) is 5.91 Å². The number of para-hydroxylation sites is 1. The van der Waals surface area contributed by atoms with E-state index in [0.717, 1.165) is 18.1 Å².